The molecule has 2 fully saturated rings. The zero-order valence-electron chi connectivity index (χ0n) is 14.9. The molecule has 2 atom stereocenters. The predicted molar refractivity (Wildman–Crippen MR) is 102 cm³/mol. The quantitative estimate of drug-likeness (QED) is 0.851. The second kappa shape index (κ2) is 7.98. The highest BCUT2D eigenvalue weighted by Crippen LogP contribution is 2.34. The molecule has 0 spiro atoms. The van der Waals surface area contributed by atoms with E-state index in [1.807, 2.05) is 42.1 Å². The number of benzene rings is 1. The highest BCUT2D eigenvalue weighted by atomic mass is 32.2. The molecule has 3 aliphatic rings. The molecule has 140 valence electrons. The lowest BCUT2D eigenvalue weighted by atomic mass is 9.95. The standard InChI is InChI=1S/C19H25N3O3S/c23-18(16-12-17(25-21-16)15-4-2-1-3-5-15)20-13-19(6-11-26-14-19)22-7-9-24-10-8-22/h1-5,17H,6-14H2,(H,20,23)/t17-,19+/m0/s1. The number of hydrogen-bond acceptors (Lipinski definition) is 6. The summed E-state index contributed by atoms with van der Waals surface area (Å²) in [5.41, 5.74) is 1.58. The van der Waals surface area contributed by atoms with Crippen molar-refractivity contribution in [2.45, 2.75) is 24.5 Å². The molecule has 7 heteroatoms. The second-order valence-electron chi connectivity index (χ2n) is 7.06. The van der Waals surface area contributed by atoms with E-state index >= 15 is 0 Å². The fraction of sp³-hybridized carbons (Fsp3) is 0.579. The lowest BCUT2D eigenvalue weighted by Crippen LogP contribution is -2.59. The van der Waals surface area contributed by atoms with Crippen LogP contribution in [0.5, 0.6) is 0 Å². The molecular weight excluding hydrogens is 350 g/mol. The number of carbonyl (C=O) groups is 1. The Bertz CT molecular complexity index is 655. The molecule has 0 aliphatic carbocycles. The van der Waals surface area contributed by atoms with Crippen LogP contribution in [-0.2, 0) is 14.4 Å². The van der Waals surface area contributed by atoms with E-state index < -0.39 is 0 Å². The van der Waals surface area contributed by atoms with Gasteiger partial charge in [0.1, 0.15) is 5.71 Å². The van der Waals surface area contributed by atoms with Gasteiger partial charge < -0.3 is 14.9 Å². The number of amides is 1. The summed E-state index contributed by atoms with van der Waals surface area (Å²) in [5, 5.41) is 7.17. The number of hydrogen-bond donors (Lipinski definition) is 1. The Morgan fingerprint density at radius 3 is 2.85 bits per heavy atom. The largest absolute Gasteiger partial charge is 0.387 e. The minimum atomic E-state index is -0.160. The lowest BCUT2D eigenvalue weighted by Gasteiger charge is -2.43. The number of ether oxygens (including phenoxy) is 1. The summed E-state index contributed by atoms with van der Waals surface area (Å²) in [7, 11) is 0. The van der Waals surface area contributed by atoms with E-state index in [1.165, 1.54) is 0 Å². The van der Waals surface area contributed by atoms with Crippen LogP contribution in [0, 0.1) is 0 Å². The number of morpholine rings is 1. The Hall–Kier alpha value is -1.57. The van der Waals surface area contributed by atoms with Gasteiger partial charge in [-0.05, 0) is 17.7 Å². The Balaban J connectivity index is 1.34. The Morgan fingerprint density at radius 1 is 1.31 bits per heavy atom. The van der Waals surface area contributed by atoms with Crippen LogP contribution in [0.25, 0.3) is 0 Å². The van der Waals surface area contributed by atoms with Crippen molar-refractivity contribution in [3.63, 3.8) is 0 Å². The van der Waals surface area contributed by atoms with Gasteiger partial charge >= 0.3 is 0 Å². The highest BCUT2D eigenvalue weighted by molar-refractivity contribution is 7.99. The summed E-state index contributed by atoms with van der Waals surface area (Å²) in [6.45, 7) is 4.10. The third kappa shape index (κ3) is 3.75. The van der Waals surface area contributed by atoms with Gasteiger partial charge in [-0.15, -0.1) is 0 Å². The van der Waals surface area contributed by atoms with Gasteiger partial charge in [0.05, 0.1) is 13.2 Å². The van der Waals surface area contributed by atoms with Crippen molar-refractivity contribution in [3.8, 4) is 0 Å². The number of carbonyl (C=O) groups excluding carboxylic acids is 1. The van der Waals surface area contributed by atoms with E-state index in [4.69, 9.17) is 9.57 Å². The molecule has 3 aliphatic heterocycles. The molecule has 0 bridgehead atoms. The van der Waals surface area contributed by atoms with Crippen molar-refractivity contribution in [2.75, 3.05) is 44.4 Å². The molecule has 0 saturated carbocycles. The molecule has 6 nitrogen and oxygen atoms in total. The smallest absolute Gasteiger partial charge is 0.269 e. The first-order valence-electron chi connectivity index (χ1n) is 9.23. The van der Waals surface area contributed by atoms with Crippen molar-refractivity contribution >= 4 is 23.4 Å². The third-order valence-corrected chi connectivity index (χ3v) is 6.68. The minimum absolute atomic E-state index is 0.0446. The van der Waals surface area contributed by atoms with Gasteiger partial charge in [-0.2, -0.15) is 11.8 Å². The van der Waals surface area contributed by atoms with Gasteiger partial charge in [0, 0.05) is 37.3 Å². The first-order chi connectivity index (χ1) is 12.8. The van der Waals surface area contributed by atoms with Gasteiger partial charge in [-0.1, -0.05) is 35.5 Å². The summed E-state index contributed by atoms with van der Waals surface area (Å²) < 4.78 is 5.49. The molecule has 2 saturated heterocycles. The number of rotatable bonds is 5. The van der Waals surface area contributed by atoms with Crippen LogP contribution in [0.3, 0.4) is 0 Å². The van der Waals surface area contributed by atoms with Gasteiger partial charge in [0.2, 0.25) is 0 Å². The van der Waals surface area contributed by atoms with Gasteiger partial charge in [0.25, 0.3) is 5.91 Å². The maximum absolute atomic E-state index is 12.6. The highest BCUT2D eigenvalue weighted by Gasteiger charge is 2.41. The summed E-state index contributed by atoms with van der Waals surface area (Å²) >= 11 is 1.97. The second-order valence-corrected chi connectivity index (χ2v) is 8.16. The van der Waals surface area contributed by atoms with Gasteiger partial charge in [-0.3, -0.25) is 9.69 Å². The summed E-state index contributed by atoms with van der Waals surface area (Å²) in [6.07, 6.45) is 1.47. The molecule has 4 rings (SSSR count). The molecule has 26 heavy (non-hydrogen) atoms. The molecule has 0 aromatic heterocycles. The molecule has 1 N–H and O–H groups in total. The maximum Gasteiger partial charge on any atom is 0.269 e. The normalized spacial score (nSPS) is 29.2. The molecule has 0 radical (unpaired) electrons. The number of nitrogens with one attached hydrogen (secondary N) is 1. The van der Waals surface area contributed by atoms with Crippen molar-refractivity contribution < 1.29 is 14.4 Å². The van der Waals surface area contributed by atoms with Gasteiger partial charge in [-0.25, -0.2) is 0 Å². The third-order valence-electron chi connectivity index (χ3n) is 5.44. The molecule has 1 aromatic carbocycles. The van der Waals surface area contributed by atoms with E-state index in [0.717, 1.165) is 49.8 Å². The van der Waals surface area contributed by atoms with Crippen LogP contribution < -0.4 is 5.32 Å². The van der Waals surface area contributed by atoms with Crippen LogP contribution >= 0.6 is 11.8 Å². The fourth-order valence-corrected chi connectivity index (χ4v) is 5.32. The van der Waals surface area contributed by atoms with Crippen molar-refractivity contribution in [1.29, 1.82) is 0 Å². The van der Waals surface area contributed by atoms with Gasteiger partial charge in [0.15, 0.2) is 6.10 Å². The number of thioether (sulfide) groups is 1. The number of oxime groups is 1. The topological polar surface area (TPSA) is 63.2 Å². The number of nitrogens with zero attached hydrogens (tertiary/aromatic N) is 2. The van der Waals surface area contributed by atoms with E-state index in [2.05, 4.69) is 15.4 Å². The molecule has 3 heterocycles. The monoisotopic (exact) mass is 375 g/mol. The molecule has 0 unspecified atom stereocenters. The zero-order valence-corrected chi connectivity index (χ0v) is 15.7. The maximum atomic E-state index is 12.6. The van der Waals surface area contributed by atoms with Crippen molar-refractivity contribution in [3.05, 3.63) is 35.9 Å². The average molecular weight is 375 g/mol. The molecular formula is C19H25N3O3S. The van der Waals surface area contributed by atoms with Crippen LogP contribution in [0.4, 0.5) is 0 Å². The van der Waals surface area contributed by atoms with Crippen LogP contribution in [0.1, 0.15) is 24.5 Å². The molecule has 1 aromatic rings. The Morgan fingerprint density at radius 2 is 2.12 bits per heavy atom. The minimum Gasteiger partial charge on any atom is -0.387 e. The summed E-state index contributed by atoms with van der Waals surface area (Å²) in [6, 6.07) is 9.92. The first kappa shape index (κ1) is 17.8. The predicted octanol–water partition coefficient (Wildman–Crippen LogP) is 1.83. The van der Waals surface area contributed by atoms with Crippen LogP contribution in [0.15, 0.2) is 35.5 Å². The Kier molecular flexibility index (Phi) is 5.47. The fourth-order valence-electron chi connectivity index (χ4n) is 3.84. The van der Waals surface area contributed by atoms with Crippen molar-refractivity contribution in [1.82, 2.24) is 10.2 Å². The molecule has 1 amide bonds. The summed E-state index contributed by atoms with van der Waals surface area (Å²) in [5.74, 6) is 2.10. The summed E-state index contributed by atoms with van der Waals surface area (Å²) in [4.78, 5) is 20.6. The SMILES string of the molecule is O=C(NC[C@]1(N2CCOCC2)CCSC1)C1=NO[C@H](c2ccccc2)C1. The first-order valence-corrected chi connectivity index (χ1v) is 10.4. The van der Waals surface area contributed by atoms with E-state index in [0.29, 0.717) is 18.7 Å². The average Bonchev–Trinajstić information content (AvgIpc) is 3.38. The van der Waals surface area contributed by atoms with Crippen LogP contribution in [0.2, 0.25) is 0 Å². The van der Waals surface area contributed by atoms with E-state index in [-0.39, 0.29) is 17.6 Å². The zero-order chi connectivity index (χ0) is 17.8. The Labute approximate surface area is 158 Å². The van der Waals surface area contributed by atoms with E-state index in [1.54, 1.807) is 0 Å². The van der Waals surface area contributed by atoms with Crippen molar-refractivity contribution in [2.24, 2.45) is 5.16 Å². The lowest BCUT2D eigenvalue weighted by molar-refractivity contribution is -0.115. The van der Waals surface area contributed by atoms with E-state index in [9.17, 15) is 4.79 Å². The van der Waals surface area contributed by atoms with Crippen LogP contribution in [-0.4, -0.2) is 66.4 Å².